The third kappa shape index (κ3) is 3.51. The third-order valence-corrected chi connectivity index (χ3v) is 5.98. The topological polar surface area (TPSA) is 61.5 Å². The predicted molar refractivity (Wildman–Crippen MR) is 124 cm³/mol. The average Bonchev–Trinajstić information content (AvgIpc) is 3.05. The Morgan fingerprint density at radius 2 is 2.00 bits per heavy atom. The highest BCUT2D eigenvalue weighted by Crippen LogP contribution is 2.43. The molecule has 166 valence electrons. The van der Waals surface area contributed by atoms with Crippen LogP contribution in [-0.4, -0.2) is 46.7 Å². The minimum absolute atomic E-state index is 0.260. The first-order valence-corrected chi connectivity index (χ1v) is 10.9. The Kier molecular flexibility index (Phi) is 4.73. The molecule has 0 spiro atoms. The maximum Gasteiger partial charge on any atom is 0.410 e. The first-order chi connectivity index (χ1) is 15.2. The Morgan fingerprint density at radius 1 is 1.19 bits per heavy atom. The van der Waals surface area contributed by atoms with Gasteiger partial charge >= 0.3 is 6.09 Å². The molecule has 2 aliphatic rings. The van der Waals surface area contributed by atoms with Crippen molar-refractivity contribution in [1.82, 2.24) is 14.9 Å². The zero-order valence-electron chi connectivity index (χ0n) is 18.8. The molecule has 0 unspecified atom stereocenters. The van der Waals surface area contributed by atoms with Crippen molar-refractivity contribution in [2.45, 2.75) is 39.3 Å². The molecule has 0 saturated carbocycles. The molecule has 0 radical (unpaired) electrons. The van der Waals surface area contributed by atoms with Crippen molar-refractivity contribution in [3.63, 3.8) is 0 Å². The molecule has 0 saturated heterocycles. The van der Waals surface area contributed by atoms with E-state index < -0.39 is 5.60 Å². The average molecular weight is 435 g/mol. The van der Waals surface area contributed by atoms with E-state index in [-0.39, 0.29) is 11.9 Å². The maximum absolute atomic E-state index is 14.1. The van der Waals surface area contributed by atoms with Crippen LogP contribution in [0.2, 0.25) is 0 Å². The number of H-pyrrole nitrogens is 1. The summed E-state index contributed by atoms with van der Waals surface area (Å²) in [5.41, 5.74) is 6.18. The molecule has 2 aliphatic heterocycles. The predicted octanol–water partition coefficient (Wildman–Crippen LogP) is 5.34. The number of rotatable bonds is 1. The number of pyridine rings is 1. The number of nitrogens with one attached hydrogen (secondary N) is 1. The Morgan fingerprint density at radius 3 is 2.78 bits per heavy atom. The van der Waals surface area contributed by atoms with Crippen LogP contribution in [0.5, 0.6) is 0 Å². The van der Waals surface area contributed by atoms with Crippen LogP contribution in [0, 0.1) is 5.82 Å². The summed E-state index contributed by atoms with van der Waals surface area (Å²) in [6, 6.07) is 6.87. The van der Waals surface area contributed by atoms with E-state index in [1.54, 1.807) is 17.2 Å². The second-order valence-corrected chi connectivity index (χ2v) is 9.50. The minimum Gasteiger partial charge on any atom is -0.444 e. The number of aromatic amines is 1. The Bertz CT molecular complexity index is 1250. The molecule has 3 aromatic rings. The van der Waals surface area contributed by atoms with Gasteiger partial charge in [-0.05, 0) is 62.6 Å². The molecule has 32 heavy (non-hydrogen) atoms. The number of anilines is 1. The Labute approximate surface area is 186 Å². The number of hydrogen-bond donors (Lipinski definition) is 1. The van der Waals surface area contributed by atoms with E-state index in [2.05, 4.69) is 20.9 Å². The van der Waals surface area contributed by atoms with Crippen molar-refractivity contribution < 1.29 is 13.9 Å². The number of ether oxygens (including phenoxy) is 1. The van der Waals surface area contributed by atoms with Crippen LogP contribution < -0.4 is 4.90 Å². The van der Waals surface area contributed by atoms with E-state index >= 15 is 0 Å². The fourth-order valence-electron chi connectivity index (χ4n) is 4.62. The first kappa shape index (κ1) is 20.5. The van der Waals surface area contributed by atoms with E-state index in [9.17, 15) is 9.18 Å². The van der Waals surface area contributed by atoms with Crippen LogP contribution in [0.15, 0.2) is 36.5 Å². The molecule has 2 aromatic heterocycles. The van der Waals surface area contributed by atoms with Crippen molar-refractivity contribution in [3.8, 4) is 11.1 Å². The Hall–Kier alpha value is -3.35. The number of carbonyl (C=O) groups is 1. The van der Waals surface area contributed by atoms with Crippen molar-refractivity contribution in [2.75, 3.05) is 25.0 Å². The summed E-state index contributed by atoms with van der Waals surface area (Å²) in [6.45, 7) is 7.37. The molecule has 0 fully saturated rings. The minimum atomic E-state index is -0.536. The summed E-state index contributed by atoms with van der Waals surface area (Å²) < 4.78 is 19.7. The van der Waals surface area contributed by atoms with Gasteiger partial charge in [0, 0.05) is 48.5 Å². The lowest BCUT2D eigenvalue weighted by Crippen LogP contribution is -2.39. The molecule has 1 amide bonds. The number of hydrogen-bond acceptors (Lipinski definition) is 4. The van der Waals surface area contributed by atoms with Crippen molar-refractivity contribution in [2.24, 2.45) is 0 Å². The van der Waals surface area contributed by atoms with Crippen LogP contribution in [-0.2, 0) is 11.3 Å². The summed E-state index contributed by atoms with van der Waals surface area (Å²) in [7, 11) is 2.01. The molecule has 7 heteroatoms. The highest BCUT2D eigenvalue weighted by molar-refractivity contribution is 6.03. The molecule has 1 aromatic carbocycles. The SMILES string of the molecule is CN1Cc2c(C3=CCCN(C(=O)OC(C)(C)C)C3)[nH]c3nccc(c23)-c2cc(F)ccc21. The summed E-state index contributed by atoms with van der Waals surface area (Å²) >= 11 is 0. The van der Waals surface area contributed by atoms with Gasteiger partial charge in [-0.15, -0.1) is 0 Å². The van der Waals surface area contributed by atoms with Gasteiger partial charge in [-0.2, -0.15) is 0 Å². The van der Waals surface area contributed by atoms with Crippen LogP contribution >= 0.6 is 0 Å². The first-order valence-electron chi connectivity index (χ1n) is 10.9. The lowest BCUT2D eigenvalue weighted by Gasteiger charge is -2.30. The van der Waals surface area contributed by atoms with Gasteiger partial charge in [0.15, 0.2) is 0 Å². The number of halogens is 1. The van der Waals surface area contributed by atoms with Gasteiger partial charge in [0.25, 0.3) is 0 Å². The number of fused-ring (bicyclic) bond motifs is 2. The van der Waals surface area contributed by atoms with E-state index in [0.717, 1.165) is 51.1 Å². The van der Waals surface area contributed by atoms with Gasteiger partial charge in [0.2, 0.25) is 0 Å². The van der Waals surface area contributed by atoms with Gasteiger partial charge in [-0.1, -0.05) is 6.08 Å². The third-order valence-electron chi connectivity index (χ3n) is 5.98. The van der Waals surface area contributed by atoms with Crippen LogP contribution in [0.25, 0.3) is 27.7 Å². The lowest BCUT2D eigenvalue weighted by atomic mass is 9.98. The molecule has 0 bridgehead atoms. The van der Waals surface area contributed by atoms with Gasteiger partial charge in [0.05, 0.1) is 12.2 Å². The van der Waals surface area contributed by atoms with Gasteiger partial charge in [-0.25, -0.2) is 14.2 Å². The molecule has 6 nitrogen and oxygen atoms in total. The van der Waals surface area contributed by atoms with Gasteiger partial charge in [0.1, 0.15) is 17.1 Å². The van der Waals surface area contributed by atoms with Crippen LogP contribution in [0.1, 0.15) is 38.4 Å². The van der Waals surface area contributed by atoms with E-state index in [4.69, 9.17) is 4.74 Å². The number of carbonyl (C=O) groups excluding carboxylic acids is 1. The maximum atomic E-state index is 14.1. The molecular weight excluding hydrogens is 407 g/mol. The lowest BCUT2D eigenvalue weighted by molar-refractivity contribution is 0.0273. The zero-order valence-corrected chi connectivity index (χ0v) is 18.8. The second kappa shape index (κ2) is 7.36. The number of aromatic nitrogens is 2. The number of amides is 1. The highest BCUT2D eigenvalue weighted by atomic mass is 19.1. The van der Waals surface area contributed by atoms with Crippen molar-refractivity contribution in [1.29, 1.82) is 0 Å². The van der Waals surface area contributed by atoms with Gasteiger partial charge in [-0.3, -0.25) is 0 Å². The fourth-order valence-corrected chi connectivity index (χ4v) is 4.62. The van der Waals surface area contributed by atoms with E-state index in [0.29, 0.717) is 19.6 Å². The molecule has 0 atom stereocenters. The van der Waals surface area contributed by atoms with Crippen molar-refractivity contribution >= 4 is 28.4 Å². The normalized spacial score (nSPS) is 16.0. The summed E-state index contributed by atoms with van der Waals surface area (Å²) in [6.07, 6.45) is 4.39. The van der Waals surface area contributed by atoms with E-state index in [1.165, 1.54) is 6.07 Å². The zero-order chi connectivity index (χ0) is 22.6. The largest absolute Gasteiger partial charge is 0.444 e. The summed E-state index contributed by atoms with van der Waals surface area (Å²) in [5.74, 6) is -0.260. The van der Waals surface area contributed by atoms with Crippen LogP contribution in [0.3, 0.4) is 0 Å². The quantitative estimate of drug-likeness (QED) is 0.561. The monoisotopic (exact) mass is 434 g/mol. The fraction of sp³-hybridized carbons (Fsp3) is 0.360. The molecular formula is C25H27FN4O2. The van der Waals surface area contributed by atoms with Crippen LogP contribution in [0.4, 0.5) is 14.9 Å². The van der Waals surface area contributed by atoms with Gasteiger partial charge < -0.3 is 19.5 Å². The number of nitrogens with zero attached hydrogens (tertiary/aromatic N) is 3. The molecule has 0 aliphatic carbocycles. The van der Waals surface area contributed by atoms with Crippen molar-refractivity contribution in [3.05, 3.63) is 53.6 Å². The molecule has 4 heterocycles. The van der Waals surface area contributed by atoms with E-state index in [1.807, 2.05) is 40.0 Å². The smallest absolute Gasteiger partial charge is 0.410 e. The molecule has 5 rings (SSSR count). The summed E-state index contributed by atoms with van der Waals surface area (Å²) in [5, 5.41) is 1.01. The molecule has 1 N–H and O–H groups in total. The Balaban J connectivity index is 1.58. The summed E-state index contributed by atoms with van der Waals surface area (Å²) in [4.78, 5) is 24.6. The standard InChI is InChI=1S/C25H27FN4O2/c1-25(2,3)32-24(31)30-11-5-6-15(13-30)22-19-14-29(4)20-8-7-16(26)12-18(20)17-9-10-27-23(28-22)21(17)19/h6-10,12H,5,11,13-14H2,1-4H3,(H,27,28). The number of benzene rings is 1. The highest BCUT2D eigenvalue weighted by Gasteiger charge is 2.29. The second-order valence-electron chi connectivity index (χ2n) is 9.50.